The van der Waals surface area contributed by atoms with Crippen LogP contribution in [-0.2, 0) is 0 Å². The third-order valence-corrected chi connectivity index (χ3v) is 3.20. The average Bonchev–Trinajstić information content (AvgIpc) is 2.07. The molecule has 4 nitrogen and oxygen atoms in total. The second kappa shape index (κ2) is 3.51. The fourth-order valence-corrected chi connectivity index (χ4v) is 1.48. The topological polar surface area (TPSA) is 63.4 Å². The molecule has 1 N–H and O–H groups in total. The standard InChI is InChI=1S/C7H5BrClNO3/c1-3-4(10(12)13)2-5(11)7(9)6(3)8/h2,11H,1H3. The monoisotopic (exact) mass is 265 g/mol. The Morgan fingerprint density at radius 3 is 2.69 bits per heavy atom. The van der Waals surface area contributed by atoms with Gasteiger partial charge in [-0.3, -0.25) is 10.1 Å². The number of benzene rings is 1. The maximum absolute atomic E-state index is 10.5. The maximum Gasteiger partial charge on any atom is 0.277 e. The van der Waals surface area contributed by atoms with Crippen LogP contribution in [0.3, 0.4) is 0 Å². The molecule has 70 valence electrons. The van der Waals surface area contributed by atoms with Crippen LogP contribution in [-0.4, -0.2) is 10.0 Å². The van der Waals surface area contributed by atoms with E-state index < -0.39 is 4.92 Å². The van der Waals surface area contributed by atoms with Crippen molar-refractivity contribution in [1.29, 1.82) is 0 Å². The normalized spacial score (nSPS) is 10.1. The lowest BCUT2D eigenvalue weighted by molar-refractivity contribution is -0.385. The molecule has 0 radical (unpaired) electrons. The average molecular weight is 266 g/mol. The van der Waals surface area contributed by atoms with Gasteiger partial charge in [0.1, 0.15) is 5.75 Å². The number of phenols is 1. The van der Waals surface area contributed by atoms with E-state index in [1.54, 1.807) is 6.92 Å². The van der Waals surface area contributed by atoms with Gasteiger partial charge in [-0.2, -0.15) is 0 Å². The zero-order valence-corrected chi connectivity index (χ0v) is 8.89. The van der Waals surface area contributed by atoms with E-state index in [2.05, 4.69) is 15.9 Å². The van der Waals surface area contributed by atoms with Crippen LogP contribution in [0.25, 0.3) is 0 Å². The summed E-state index contributed by atoms with van der Waals surface area (Å²) in [5.74, 6) is -0.300. The third kappa shape index (κ3) is 1.76. The second-order valence-electron chi connectivity index (χ2n) is 2.42. The van der Waals surface area contributed by atoms with E-state index in [0.717, 1.165) is 6.07 Å². The van der Waals surface area contributed by atoms with Crippen LogP contribution in [0.4, 0.5) is 5.69 Å². The summed E-state index contributed by atoms with van der Waals surface area (Å²) in [4.78, 5) is 9.89. The minimum absolute atomic E-state index is 0.0862. The molecule has 0 saturated carbocycles. The Morgan fingerprint density at radius 2 is 2.23 bits per heavy atom. The number of nitro groups is 1. The van der Waals surface area contributed by atoms with Crippen LogP contribution in [0.5, 0.6) is 5.75 Å². The van der Waals surface area contributed by atoms with Gasteiger partial charge in [-0.15, -0.1) is 0 Å². The van der Waals surface area contributed by atoms with Gasteiger partial charge in [0.15, 0.2) is 0 Å². The van der Waals surface area contributed by atoms with Crippen LogP contribution >= 0.6 is 27.5 Å². The quantitative estimate of drug-likeness (QED) is 0.628. The molecule has 1 aromatic carbocycles. The van der Waals surface area contributed by atoms with Gasteiger partial charge in [0.05, 0.1) is 16.0 Å². The molecule has 0 aliphatic carbocycles. The largest absolute Gasteiger partial charge is 0.506 e. The van der Waals surface area contributed by atoms with Gasteiger partial charge in [0.2, 0.25) is 0 Å². The van der Waals surface area contributed by atoms with E-state index in [1.165, 1.54) is 0 Å². The summed E-state index contributed by atoms with van der Waals surface area (Å²) in [7, 11) is 0. The molecule has 0 aliphatic rings. The van der Waals surface area contributed by atoms with Crippen molar-refractivity contribution in [2.45, 2.75) is 6.92 Å². The molecule has 0 saturated heterocycles. The van der Waals surface area contributed by atoms with Crippen LogP contribution in [0, 0.1) is 17.0 Å². The summed E-state index contributed by atoms with van der Waals surface area (Å²) in [6.07, 6.45) is 0. The Bertz CT molecular complexity index is 380. The SMILES string of the molecule is Cc1c([N+](=O)[O-])cc(O)c(Cl)c1Br. The molecular weight excluding hydrogens is 261 g/mol. The van der Waals surface area contributed by atoms with Crippen molar-refractivity contribution in [2.24, 2.45) is 0 Å². The smallest absolute Gasteiger partial charge is 0.277 e. The zero-order chi connectivity index (χ0) is 10.2. The van der Waals surface area contributed by atoms with Gasteiger partial charge in [-0.1, -0.05) is 11.6 Å². The van der Waals surface area contributed by atoms with Gasteiger partial charge in [-0.25, -0.2) is 0 Å². The summed E-state index contributed by atoms with van der Waals surface area (Å²) in [5, 5.41) is 19.7. The minimum Gasteiger partial charge on any atom is -0.506 e. The molecule has 0 amide bonds. The fourth-order valence-electron chi connectivity index (χ4n) is 0.880. The lowest BCUT2D eigenvalue weighted by atomic mass is 10.2. The molecule has 0 aromatic heterocycles. The molecule has 0 heterocycles. The number of phenolic OH excluding ortho intramolecular Hbond substituents is 1. The van der Waals surface area contributed by atoms with Gasteiger partial charge in [0, 0.05) is 10.0 Å². The van der Waals surface area contributed by atoms with E-state index in [1.807, 2.05) is 0 Å². The van der Waals surface area contributed by atoms with Gasteiger partial charge in [-0.05, 0) is 22.9 Å². The van der Waals surface area contributed by atoms with Crippen LogP contribution in [0.2, 0.25) is 5.02 Å². The number of nitro benzene ring substituents is 1. The van der Waals surface area contributed by atoms with E-state index in [-0.39, 0.29) is 16.5 Å². The van der Waals surface area contributed by atoms with Crippen molar-refractivity contribution in [3.63, 3.8) is 0 Å². The molecule has 0 aliphatic heterocycles. The van der Waals surface area contributed by atoms with Gasteiger partial charge in [0.25, 0.3) is 5.69 Å². The van der Waals surface area contributed by atoms with Gasteiger partial charge >= 0.3 is 0 Å². The highest BCUT2D eigenvalue weighted by Gasteiger charge is 2.18. The second-order valence-corrected chi connectivity index (χ2v) is 3.60. The molecule has 0 bridgehead atoms. The summed E-state index contributed by atoms with van der Waals surface area (Å²) in [6.45, 7) is 1.55. The fraction of sp³-hybridized carbons (Fsp3) is 0.143. The highest BCUT2D eigenvalue weighted by atomic mass is 79.9. The minimum atomic E-state index is -0.573. The molecule has 1 rings (SSSR count). The Hall–Kier alpha value is -0.810. The number of aromatic hydroxyl groups is 1. The summed E-state index contributed by atoms with van der Waals surface area (Å²) in [6, 6.07) is 1.03. The van der Waals surface area contributed by atoms with Crippen molar-refractivity contribution in [1.82, 2.24) is 0 Å². The van der Waals surface area contributed by atoms with Gasteiger partial charge < -0.3 is 5.11 Å². The van der Waals surface area contributed by atoms with Crippen molar-refractivity contribution >= 4 is 33.2 Å². The summed E-state index contributed by atoms with van der Waals surface area (Å²) >= 11 is 8.69. The zero-order valence-electron chi connectivity index (χ0n) is 6.54. The Labute approximate surface area is 87.4 Å². The number of halogens is 2. The highest BCUT2D eigenvalue weighted by Crippen LogP contribution is 2.39. The van der Waals surface area contributed by atoms with Crippen molar-refractivity contribution < 1.29 is 10.0 Å². The highest BCUT2D eigenvalue weighted by molar-refractivity contribution is 9.10. The lowest BCUT2D eigenvalue weighted by Gasteiger charge is -2.03. The van der Waals surface area contributed by atoms with Crippen molar-refractivity contribution in [2.75, 3.05) is 0 Å². The Kier molecular flexibility index (Phi) is 2.77. The first-order chi connectivity index (χ1) is 5.95. The van der Waals surface area contributed by atoms with E-state index in [0.29, 0.717) is 10.0 Å². The molecule has 0 atom stereocenters. The van der Waals surface area contributed by atoms with Crippen LogP contribution in [0.1, 0.15) is 5.56 Å². The molecule has 13 heavy (non-hydrogen) atoms. The van der Waals surface area contributed by atoms with E-state index in [9.17, 15) is 15.2 Å². The maximum atomic E-state index is 10.5. The van der Waals surface area contributed by atoms with Crippen molar-refractivity contribution in [3.8, 4) is 5.75 Å². The molecule has 0 fully saturated rings. The molecular formula is C7H5BrClNO3. The Morgan fingerprint density at radius 1 is 1.69 bits per heavy atom. The van der Waals surface area contributed by atoms with E-state index in [4.69, 9.17) is 11.6 Å². The summed E-state index contributed by atoms with van der Waals surface area (Å²) < 4.78 is 0.348. The van der Waals surface area contributed by atoms with E-state index >= 15 is 0 Å². The molecule has 1 aromatic rings. The summed E-state index contributed by atoms with van der Waals surface area (Å²) in [5.41, 5.74) is 0.238. The molecule has 0 unspecified atom stereocenters. The first-order valence-corrected chi connectivity index (χ1v) is 4.44. The van der Waals surface area contributed by atoms with Crippen LogP contribution < -0.4 is 0 Å². The third-order valence-electron chi connectivity index (χ3n) is 1.60. The number of nitrogens with zero attached hydrogens (tertiary/aromatic N) is 1. The number of hydrogen-bond acceptors (Lipinski definition) is 3. The molecule has 6 heteroatoms. The predicted octanol–water partition coefficient (Wildman–Crippen LogP) is 3.02. The lowest BCUT2D eigenvalue weighted by Crippen LogP contribution is -1.92. The predicted molar refractivity (Wildman–Crippen MR) is 52.2 cm³/mol. The first kappa shape index (κ1) is 10.3. The number of hydrogen-bond donors (Lipinski definition) is 1. The Balaban J connectivity index is 3.50. The first-order valence-electron chi connectivity index (χ1n) is 3.27. The number of rotatable bonds is 1. The van der Waals surface area contributed by atoms with Crippen molar-refractivity contribution in [3.05, 3.63) is 31.2 Å². The molecule has 0 spiro atoms. The van der Waals surface area contributed by atoms with Crippen LogP contribution in [0.15, 0.2) is 10.5 Å².